The molecule has 0 aromatic heterocycles. The molecule has 0 aliphatic rings. The maximum absolute atomic E-state index is 13.5. The van der Waals surface area contributed by atoms with Crippen molar-refractivity contribution in [1.29, 1.82) is 0 Å². The van der Waals surface area contributed by atoms with Crippen molar-refractivity contribution in [3.63, 3.8) is 0 Å². The van der Waals surface area contributed by atoms with E-state index in [1.165, 1.54) is 0 Å². The van der Waals surface area contributed by atoms with Gasteiger partial charge in [0.25, 0.3) is 6.08 Å². The van der Waals surface area contributed by atoms with E-state index in [0.29, 0.717) is 0 Å². The third-order valence-electron chi connectivity index (χ3n) is 2.68. The molecule has 1 unspecified atom stereocenters. The number of likely N-dealkylation sites (N-methyl/N-ethyl adjacent to an activating group) is 1. The van der Waals surface area contributed by atoms with Crippen molar-refractivity contribution in [3.05, 3.63) is 11.7 Å². The second-order valence-corrected chi connectivity index (χ2v) is 5.95. The maximum Gasteiger partial charge on any atom is 0.460 e. The number of aliphatic carboxylic acids is 1. The average molecular weight is 453 g/mol. The van der Waals surface area contributed by atoms with Crippen molar-refractivity contribution in [1.82, 2.24) is 4.31 Å². The standard InChI is InChI=1S/C9H4F13NO3S/c1-23(5(12,13)2(3(10)11)4(24)25)27(26)9(21,22)7(16,17)6(14,15)8(18,19)20/h1H3,(H,24,25). The van der Waals surface area contributed by atoms with Crippen LogP contribution < -0.4 is 0 Å². The summed E-state index contributed by atoms with van der Waals surface area (Å²) in [6.07, 6.45) is -11.1. The van der Waals surface area contributed by atoms with Crippen molar-refractivity contribution in [2.75, 3.05) is 7.05 Å². The first-order valence-corrected chi connectivity index (χ1v) is 6.72. The number of carboxylic acid groups (broad SMARTS) is 1. The fourth-order valence-corrected chi connectivity index (χ4v) is 2.22. The first-order chi connectivity index (χ1) is 11.6. The van der Waals surface area contributed by atoms with Gasteiger partial charge in [0, 0.05) is 7.05 Å². The van der Waals surface area contributed by atoms with E-state index in [4.69, 9.17) is 5.11 Å². The Morgan fingerprint density at radius 2 is 1.22 bits per heavy atom. The quantitative estimate of drug-likeness (QED) is 0.362. The van der Waals surface area contributed by atoms with Gasteiger partial charge in [0.05, 0.1) is 0 Å². The number of nitrogens with zero attached hydrogens (tertiary/aromatic N) is 1. The minimum Gasteiger partial charge on any atom is -0.478 e. The predicted octanol–water partition coefficient (Wildman–Crippen LogP) is 3.84. The molecule has 0 saturated heterocycles. The molecule has 0 saturated carbocycles. The first-order valence-electron chi connectivity index (χ1n) is 5.61. The van der Waals surface area contributed by atoms with Gasteiger partial charge in [-0.25, -0.2) is 9.00 Å². The number of carbonyl (C=O) groups is 1. The largest absolute Gasteiger partial charge is 0.478 e. The van der Waals surface area contributed by atoms with Gasteiger partial charge >= 0.3 is 35.3 Å². The number of hydrogen-bond acceptors (Lipinski definition) is 2. The Morgan fingerprint density at radius 1 is 0.852 bits per heavy atom. The van der Waals surface area contributed by atoms with Gasteiger partial charge in [-0.2, -0.15) is 61.4 Å². The van der Waals surface area contributed by atoms with Crippen molar-refractivity contribution in [2.24, 2.45) is 0 Å². The number of hydrogen-bond donors (Lipinski definition) is 1. The van der Waals surface area contributed by atoms with Crippen LogP contribution in [0.15, 0.2) is 11.7 Å². The molecule has 1 N–H and O–H groups in total. The van der Waals surface area contributed by atoms with E-state index in [1.807, 2.05) is 0 Å². The molecule has 4 nitrogen and oxygen atoms in total. The smallest absolute Gasteiger partial charge is 0.460 e. The Hall–Kier alpha value is -1.59. The Balaban J connectivity index is 6.31. The molecule has 0 aliphatic carbocycles. The first kappa shape index (κ1) is 25.4. The minimum absolute atomic E-state index is 0.655. The Morgan fingerprint density at radius 3 is 1.48 bits per heavy atom. The zero-order chi connectivity index (χ0) is 22.4. The molecular weight excluding hydrogens is 449 g/mol. The fourth-order valence-electron chi connectivity index (χ4n) is 1.23. The van der Waals surface area contributed by atoms with Crippen LogP contribution in [0.4, 0.5) is 57.1 Å². The van der Waals surface area contributed by atoms with E-state index >= 15 is 0 Å². The Kier molecular flexibility index (Phi) is 6.68. The molecule has 0 spiro atoms. The van der Waals surface area contributed by atoms with Crippen LogP contribution in [0, 0.1) is 0 Å². The van der Waals surface area contributed by atoms with Crippen LogP contribution in [0.3, 0.4) is 0 Å². The highest BCUT2D eigenvalue weighted by atomic mass is 32.2. The topological polar surface area (TPSA) is 57.6 Å². The summed E-state index contributed by atoms with van der Waals surface area (Å²) in [6, 6.07) is -5.96. The van der Waals surface area contributed by atoms with Crippen LogP contribution in [0.5, 0.6) is 0 Å². The molecule has 0 bridgehead atoms. The van der Waals surface area contributed by atoms with Crippen molar-refractivity contribution in [3.8, 4) is 0 Å². The highest BCUT2D eigenvalue weighted by Crippen LogP contribution is 2.55. The molecule has 0 rings (SSSR count). The van der Waals surface area contributed by atoms with Crippen LogP contribution in [0.2, 0.25) is 0 Å². The molecule has 0 heterocycles. The lowest BCUT2D eigenvalue weighted by atomic mass is 10.1. The molecule has 1 atom stereocenters. The fraction of sp³-hybridized carbons (Fsp3) is 0.667. The molecule has 18 heteroatoms. The number of carboxylic acids is 1. The van der Waals surface area contributed by atoms with E-state index in [0.717, 1.165) is 0 Å². The van der Waals surface area contributed by atoms with Crippen LogP contribution in [0.1, 0.15) is 0 Å². The van der Waals surface area contributed by atoms with Gasteiger partial charge in [-0.1, -0.05) is 0 Å². The monoisotopic (exact) mass is 453 g/mol. The SMILES string of the molecule is CN(S(=O)C(F)(F)C(F)(F)C(F)(F)C(F)(F)F)C(F)(F)C(C(=O)O)=C(F)F. The van der Waals surface area contributed by atoms with Crippen molar-refractivity contribution < 1.29 is 71.2 Å². The van der Waals surface area contributed by atoms with E-state index in [2.05, 4.69) is 0 Å². The second kappa shape index (κ2) is 7.10. The highest BCUT2D eigenvalue weighted by Gasteiger charge is 2.84. The van der Waals surface area contributed by atoms with Crippen LogP contribution >= 0.6 is 0 Å². The number of rotatable bonds is 7. The lowest BCUT2D eigenvalue weighted by molar-refractivity contribution is -0.382. The third kappa shape index (κ3) is 3.99. The Bertz CT molecular complexity index is 652. The summed E-state index contributed by atoms with van der Waals surface area (Å²) in [7, 11) is -6.21. The van der Waals surface area contributed by atoms with Gasteiger partial charge in [0.2, 0.25) is 0 Å². The van der Waals surface area contributed by atoms with Gasteiger partial charge < -0.3 is 5.11 Å². The molecule has 0 aliphatic heterocycles. The van der Waals surface area contributed by atoms with Crippen LogP contribution in [-0.4, -0.2) is 56.0 Å². The number of alkyl halides is 11. The van der Waals surface area contributed by atoms with Gasteiger partial charge in [-0.3, -0.25) is 0 Å². The van der Waals surface area contributed by atoms with Crippen molar-refractivity contribution >= 4 is 17.0 Å². The summed E-state index contributed by atoms with van der Waals surface area (Å²) in [5.41, 5.74) is -3.36. The summed E-state index contributed by atoms with van der Waals surface area (Å²) >= 11 is 0. The molecule has 0 aromatic carbocycles. The molecule has 160 valence electrons. The van der Waals surface area contributed by atoms with Gasteiger partial charge in [-0.05, 0) is 0 Å². The van der Waals surface area contributed by atoms with Gasteiger partial charge in [0.15, 0.2) is 16.6 Å². The summed E-state index contributed by atoms with van der Waals surface area (Å²) in [5.74, 6) is -18.4. The summed E-state index contributed by atoms with van der Waals surface area (Å²) < 4.78 is 174. The lowest BCUT2D eigenvalue weighted by Gasteiger charge is -2.36. The number of halogens is 13. The third-order valence-corrected chi connectivity index (χ3v) is 4.10. The highest BCUT2D eigenvalue weighted by molar-refractivity contribution is 7.83. The van der Waals surface area contributed by atoms with Crippen LogP contribution in [0.25, 0.3) is 0 Å². The van der Waals surface area contributed by atoms with E-state index in [1.54, 1.807) is 0 Å². The van der Waals surface area contributed by atoms with E-state index in [-0.39, 0.29) is 0 Å². The minimum atomic E-state index is -7.60. The van der Waals surface area contributed by atoms with Gasteiger partial charge in [-0.15, -0.1) is 0 Å². The van der Waals surface area contributed by atoms with Gasteiger partial charge in [0.1, 0.15) is 0 Å². The molecule has 0 fully saturated rings. The summed E-state index contributed by atoms with van der Waals surface area (Å²) in [6.45, 7) is 0. The predicted molar refractivity (Wildman–Crippen MR) is 58.6 cm³/mol. The zero-order valence-electron chi connectivity index (χ0n) is 12.0. The summed E-state index contributed by atoms with van der Waals surface area (Å²) in [5, 5.41) is 1.05. The molecule has 0 aromatic rings. The van der Waals surface area contributed by atoms with E-state index < -0.39 is 69.3 Å². The molecular formula is C9H4F13NO3S. The normalized spacial score (nSPS) is 15.7. The zero-order valence-corrected chi connectivity index (χ0v) is 12.8. The second-order valence-electron chi connectivity index (χ2n) is 4.39. The molecule has 0 amide bonds. The lowest BCUT2D eigenvalue weighted by Crippen LogP contribution is -2.64. The van der Waals surface area contributed by atoms with Crippen molar-refractivity contribution in [2.45, 2.75) is 29.3 Å². The Labute approximate surface area is 141 Å². The van der Waals surface area contributed by atoms with E-state index in [9.17, 15) is 66.1 Å². The molecule has 27 heavy (non-hydrogen) atoms. The maximum atomic E-state index is 13.5. The average Bonchev–Trinajstić information content (AvgIpc) is 2.42. The molecule has 0 radical (unpaired) electrons. The van der Waals surface area contributed by atoms with Crippen LogP contribution in [-0.2, 0) is 15.8 Å². The summed E-state index contributed by atoms with van der Waals surface area (Å²) in [4.78, 5) is 10.3.